The van der Waals surface area contributed by atoms with Gasteiger partial charge in [0.05, 0.1) is 17.1 Å². The topological polar surface area (TPSA) is 38.1 Å². The Hall–Kier alpha value is -2.88. The van der Waals surface area contributed by atoms with Gasteiger partial charge in [-0.05, 0) is 56.5 Å². The number of piperidine rings is 1. The minimum absolute atomic E-state index is 0.135. The van der Waals surface area contributed by atoms with Crippen molar-refractivity contribution in [2.45, 2.75) is 26.2 Å². The number of likely N-dealkylation sites (tertiary alicyclic amines) is 1. The zero-order valence-corrected chi connectivity index (χ0v) is 15.1. The average Bonchev–Trinajstić information content (AvgIpc) is 3.11. The zero-order chi connectivity index (χ0) is 17.9. The predicted molar refractivity (Wildman–Crippen MR) is 103 cm³/mol. The second-order valence-corrected chi connectivity index (χ2v) is 6.85. The number of hydrogen-bond acceptors (Lipinski definition) is 2. The van der Waals surface area contributed by atoms with E-state index in [1.165, 1.54) is 6.42 Å². The van der Waals surface area contributed by atoms with Crippen LogP contribution in [0.25, 0.3) is 16.9 Å². The van der Waals surface area contributed by atoms with Crippen molar-refractivity contribution >= 4 is 5.91 Å². The molecular formula is C22H23N3O. The SMILES string of the molecule is Cc1cc(-c2ccccc2)n(-c2ccc(C(=O)N3CCCCC3)cc2)n1. The van der Waals surface area contributed by atoms with Gasteiger partial charge in [0.15, 0.2) is 0 Å². The molecule has 132 valence electrons. The summed E-state index contributed by atoms with van der Waals surface area (Å²) in [6.45, 7) is 3.74. The van der Waals surface area contributed by atoms with Gasteiger partial charge in [0.25, 0.3) is 5.91 Å². The molecule has 0 aliphatic carbocycles. The molecule has 0 radical (unpaired) electrons. The third-order valence-corrected chi connectivity index (χ3v) is 4.90. The fraction of sp³-hybridized carbons (Fsp3) is 0.273. The molecule has 4 heteroatoms. The molecule has 1 aromatic heterocycles. The maximum Gasteiger partial charge on any atom is 0.253 e. The van der Waals surface area contributed by atoms with E-state index in [0.717, 1.165) is 54.1 Å². The monoisotopic (exact) mass is 345 g/mol. The van der Waals surface area contributed by atoms with Crippen LogP contribution in [0.4, 0.5) is 0 Å². The first-order valence-corrected chi connectivity index (χ1v) is 9.24. The summed E-state index contributed by atoms with van der Waals surface area (Å²) in [6, 6.07) is 20.1. The van der Waals surface area contributed by atoms with E-state index < -0.39 is 0 Å². The number of rotatable bonds is 3. The molecule has 1 fully saturated rings. The van der Waals surface area contributed by atoms with E-state index in [2.05, 4.69) is 23.3 Å². The van der Waals surface area contributed by atoms with Crippen LogP contribution in [-0.2, 0) is 0 Å². The Bertz CT molecular complexity index is 891. The Labute approximate surface area is 154 Å². The van der Waals surface area contributed by atoms with Gasteiger partial charge < -0.3 is 4.90 Å². The molecule has 1 aliphatic rings. The lowest BCUT2D eigenvalue weighted by atomic mass is 10.1. The molecule has 2 heterocycles. The van der Waals surface area contributed by atoms with Crippen molar-refractivity contribution in [1.82, 2.24) is 14.7 Å². The Morgan fingerprint density at radius 1 is 0.923 bits per heavy atom. The Kier molecular flexibility index (Phi) is 4.57. The van der Waals surface area contributed by atoms with E-state index in [4.69, 9.17) is 0 Å². The Morgan fingerprint density at radius 3 is 2.31 bits per heavy atom. The first-order chi connectivity index (χ1) is 12.7. The van der Waals surface area contributed by atoms with Crippen LogP contribution in [0, 0.1) is 6.92 Å². The lowest BCUT2D eigenvalue weighted by molar-refractivity contribution is 0.0724. The molecule has 0 bridgehead atoms. The maximum atomic E-state index is 12.6. The normalized spacial score (nSPS) is 14.4. The molecule has 4 rings (SSSR count). The molecule has 0 unspecified atom stereocenters. The number of carbonyl (C=O) groups is 1. The lowest BCUT2D eigenvalue weighted by Gasteiger charge is -2.26. The van der Waals surface area contributed by atoms with Gasteiger partial charge in [-0.3, -0.25) is 4.79 Å². The predicted octanol–water partition coefficient (Wildman–Crippen LogP) is 4.47. The van der Waals surface area contributed by atoms with Crippen LogP contribution in [0.3, 0.4) is 0 Å². The van der Waals surface area contributed by atoms with Crippen LogP contribution in [-0.4, -0.2) is 33.7 Å². The van der Waals surface area contributed by atoms with Gasteiger partial charge in [0.1, 0.15) is 0 Å². The molecule has 2 aromatic carbocycles. The van der Waals surface area contributed by atoms with E-state index in [0.29, 0.717) is 0 Å². The summed E-state index contributed by atoms with van der Waals surface area (Å²) >= 11 is 0. The van der Waals surface area contributed by atoms with Gasteiger partial charge in [-0.25, -0.2) is 4.68 Å². The summed E-state index contributed by atoms with van der Waals surface area (Å²) in [4.78, 5) is 14.6. The van der Waals surface area contributed by atoms with Crippen molar-refractivity contribution in [2.24, 2.45) is 0 Å². The highest BCUT2D eigenvalue weighted by atomic mass is 16.2. The van der Waals surface area contributed by atoms with Crippen LogP contribution in [0.15, 0.2) is 60.7 Å². The molecule has 1 aliphatic heterocycles. The van der Waals surface area contributed by atoms with Crippen molar-refractivity contribution < 1.29 is 4.79 Å². The summed E-state index contributed by atoms with van der Waals surface area (Å²) in [7, 11) is 0. The van der Waals surface area contributed by atoms with Gasteiger partial charge in [0, 0.05) is 24.2 Å². The van der Waals surface area contributed by atoms with Crippen molar-refractivity contribution in [2.75, 3.05) is 13.1 Å². The number of amides is 1. The second-order valence-electron chi connectivity index (χ2n) is 6.85. The summed E-state index contributed by atoms with van der Waals surface area (Å²) in [6.07, 6.45) is 3.44. The van der Waals surface area contributed by atoms with Crippen LogP contribution in [0.1, 0.15) is 35.3 Å². The van der Waals surface area contributed by atoms with E-state index in [1.807, 2.05) is 59.0 Å². The second kappa shape index (κ2) is 7.16. The third-order valence-electron chi connectivity index (χ3n) is 4.90. The van der Waals surface area contributed by atoms with Gasteiger partial charge in [-0.15, -0.1) is 0 Å². The van der Waals surface area contributed by atoms with Crippen molar-refractivity contribution in [1.29, 1.82) is 0 Å². The molecule has 0 N–H and O–H groups in total. The highest BCUT2D eigenvalue weighted by Gasteiger charge is 2.18. The Balaban J connectivity index is 1.63. The van der Waals surface area contributed by atoms with Gasteiger partial charge in [-0.1, -0.05) is 30.3 Å². The van der Waals surface area contributed by atoms with Crippen molar-refractivity contribution in [3.05, 3.63) is 71.9 Å². The number of carbonyl (C=O) groups excluding carboxylic acids is 1. The summed E-state index contributed by atoms with van der Waals surface area (Å²) in [5.74, 6) is 0.135. The van der Waals surface area contributed by atoms with Crippen LogP contribution >= 0.6 is 0 Å². The van der Waals surface area contributed by atoms with Crippen LogP contribution < -0.4 is 0 Å². The molecule has 1 saturated heterocycles. The van der Waals surface area contributed by atoms with Crippen LogP contribution in [0.2, 0.25) is 0 Å². The minimum atomic E-state index is 0.135. The zero-order valence-electron chi connectivity index (χ0n) is 15.1. The summed E-state index contributed by atoms with van der Waals surface area (Å²) in [5, 5.41) is 4.64. The molecule has 0 spiro atoms. The van der Waals surface area contributed by atoms with E-state index in [1.54, 1.807) is 0 Å². The highest BCUT2D eigenvalue weighted by molar-refractivity contribution is 5.94. The number of nitrogens with zero attached hydrogens (tertiary/aromatic N) is 3. The standard InChI is InChI=1S/C22H23N3O/c1-17-16-21(18-8-4-2-5-9-18)25(23-17)20-12-10-19(11-13-20)22(26)24-14-6-3-7-15-24/h2,4-5,8-13,16H,3,6-7,14-15H2,1H3. The molecule has 1 amide bonds. The van der Waals surface area contributed by atoms with Gasteiger partial charge in [0.2, 0.25) is 0 Å². The molecule has 4 nitrogen and oxygen atoms in total. The summed E-state index contributed by atoms with van der Waals surface area (Å²) in [5.41, 5.74) is 4.87. The largest absolute Gasteiger partial charge is 0.339 e. The average molecular weight is 345 g/mol. The lowest BCUT2D eigenvalue weighted by Crippen LogP contribution is -2.35. The van der Waals surface area contributed by atoms with E-state index >= 15 is 0 Å². The van der Waals surface area contributed by atoms with Gasteiger partial charge in [-0.2, -0.15) is 5.10 Å². The van der Waals surface area contributed by atoms with E-state index in [-0.39, 0.29) is 5.91 Å². The number of benzene rings is 2. The fourth-order valence-electron chi connectivity index (χ4n) is 3.54. The smallest absolute Gasteiger partial charge is 0.253 e. The van der Waals surface area contributed by atoms with Crippen LogP contribution in [0.5, 0.6) is 0 Å². The van der Waals surface area contributed by atoms with Crippen molar-refractivity contribution in [3.63, 3.8) is 0 Å². The molecular weight excluding hydrogens is 322 g/mol. The van der Waals surface area contributed by atoms with E-state index in [9.17, 15) is 4.79 Å². The molecule has 3 aromatic rings. The first-order valence-electron chi connectivity index (χ1n) is 9.24. The minimum Gasteiger partial charge on any atom is -0.339 e. The maximum absolute atomic E-state index is 12.6. The third kappa shape index (κ3) is 3.27. The molecule has 26 heavy (non-hydrogen) atoms. The van der Waals surface area contributed by atoms with Gasteiger partial charge >= 0.3 is 0 Å². The summed E-state index contributed by atoms with van der Waals surface area (Å²) < 4.78 is 1.94. The number of aryl methyl sites for hydroxylation is 1. The fourth-order valence-corrected chi connectivity index (χ4v) is 3.54. The number of aromatic nitrogens is 2. The Morgan fingerprint density at radius 2 is 1.62 bits per heavy atom. The molecule has 0 saturated carbocycles. The quantitative estimate of drug-likeness (QED) is 0.702. The van der Waals surface area contributed by atoms with Crippen molar-refractivity contribution in [3.8, 4) is 16.9 Å². The highest BCUT2D eigenvalue weighted by Crippen LogP contribution is 2.24. The number of hydrogen-bond donors (Lipinski definition) is 0. The first kappa shape index (κ1) is 16.6. The molecule has 0 atom stereocenters.